The highest BCUT2D eigenvalue weighted by Crippen LogP contribution is 2.16. The molecule has 0 saturated heterocycles. The van der Waals surface area contributed by atoms with Gasteiger partial charge in [0.1, 0.15) is 12.4 Å². The third kappa shape index (κ3) is 5.16. The smallest absolute Gasteiger partial charge is 0.240 e. The minimum Gasteiger partial charge on any atom is -0.491 e. The van der Waals surface area contributed by atoms with E-state index in [1.54, 1.807) is 36.2 Å². The average Bonchev–Trinajstić information content (AvgIpc) is 3.17. The quantitative estimate of drug-likeness (QED) is 0.570. The Balaban J connectivity index is 1.61. The lowest BCUT2D eigenvalue weighted by Gasteiger charge is -2.08. The molecule has 0 aliphatic rings. The number of sulfonamides is 1. The number of hydrogen-bond acceptors (Lipinski definition) is 5. The minimum absolute atomic E-state index is 0.105. The molecule has 3 aromatic rings. The van der Waals surface area contributed by atoms with Crippen LogP contribution in [0.2, 0.25) is 0 Å². The van der Waals surface area contributed by atoms with Gasteiger partial charge in [0.05, 0.1) is 29.4 Å². The second kappa shape index (κ2) is 8.81. The summed E-state index contributed by atoms with van der Waals surface area (Å²) in [5, 5.41) is 4.39. The molecule has 2 aromatic carbocycles. The molecule has 0 atom stereocenters. The molecule has 8 heteroatoms. The first kappa shape index (κ1) is 19.1. The second-order valence-corrected chi connectivity index (χ2v) is 7.49. The molecule has 1 aromatic heterocycles. The van der Waals surface area contributed by atoms with Gasteiger partial charge in [-0.2, -0.15) is 5.10 Å². The van der Waals surface area contributed by atoms with E-state index in [0.29, 0.717) is 24.7 Å². The molecule has 0 bridgehead atoms. The van der Waals surface area contributed by atoms with Crippen molar-refractivity contribution in [1.82, 2.24) is 14.5 Å². The van der Waals surface area contributed by atoms with Gasteiger partial charge in [0.2, 0.25) is 10.0 Å². The Morgan fingerprint density at radius 3 is 2.44 bits per heavy atom. The zero-order valence-corrected chi connectivity index (χ0v) is 15.7. The van der Waals surface area contributed by atoms with Crippen LogP contribution in [0.5, 0.6) is 5.75 Å². The Kier molecular flexibility index (Phi) is 6.23. The number of nitrogens with zero attached hydrogens (tertiary/aromatic N) is 2. The molecule has 0 aliphatic heterocycles. The van der Waals surface area contributed by atoms with Crippen LogP contribution in [-0.4, -0.2) is 38.5 Å². The van der Waals surface area contributed by atoms with Crippen LogP contribution in [0.4, 0.5) is 0 Å². The van der Waals surface area contributed by atoms with E-state index in [1.807, 2.05) is 30.3 Å². The van der Waals surface area contributed by atoms with E-state index in [9.17, 15) is 8.42 Å². The molecule has 0 aliphatic carbocycles. The number of methoxy groups -OCH3 is 1. The SMILES string of the molecule is COCCOc1ccc(S(=O)(=O)NCc2ccn(-c3ccccc3)n2)cc1. The first-order valence-electron chi connectivity index (χ1n) is 8.40. The summed E-state index contributed by atoms with van der Waals surface area (Å²) in [5.41, 5.74) is 1.54. The molecule has 1 heterocycles. The van der Waals surface area contributed by atoms with Crippen LogP contribution in [0, 0.1) is 0 Å². The fraction of sp³-hybridized carbons (Fsp3) is 0.211. The van der Waals surface area contributed by atoms with Gasteiger partial charge in [0.25, 0.3) is 0 Å². The largest absolute Gasteiger partial charge is 0.491 e. The molecule has 3 rings (SSSR count). The number of para-hydroxylation sites is 1. The maximum Gasteiger partial charge on any atom is 0.240 e. The normalized spacial score (nSPS) is 11.4. The highest BCUT2D eigenvalue weighted by atomic mass is 32.2. The molecule has 0 saturated carbocycles. The lowest BCUT2D eigenvalue weighted by atomic mass is 10.3. The van der Waals surface area contributed by atoms with Crippen LogP contribution in [0.15, 0.2) is 71.8 Å². The maximum atomic E-state index is 12.4. The van der Waals surface area contributed by atoms with E-state index in [1.165, 1.54) is 12.1 Å². The summed E-state index contributed by atoms with van der Waals surface area (Å²) < 4.78 is 39.5. The molecular formula is C19H21N3O4S. The molecule has 0 spiro atoms. The number of nitrogens with one attached hydrogen (secondary N) is 1. The van der Waals surface area contributed by atoms with Gasteiger partial charge in [-0.05, 0) is 42.5 Å². The Labute approximate surface area is 158 Å². The van der Waals surface area contributed by atoms with Crippen molar-refractivity contribution >= 4 is 10.0 Å². The van der Waals surface area contributed by atoms with Crippen LogP contribution in [0.3, 0.4) is 0 Å². The summed E-state index contributed by atoms with van der Waals surface area (Å²) >= 11 is 0. The van der Waals surface area contributed by atoms with Gasteiger partial charge in [0.15, 0.2) is 0 Å². The number of benzene rings is 2. The van der Waals surface area contributed by atoms with Gasteiger partial charge in [-0.15, -0.1) is 0 Å². The van der Waals surface area contributed by atoms with Crippen molar-refractivity contribution in [2.45, 2.75) is 11.4 Å². The third-order valence-electron chi connectivity index (χ3n) is 3.80. The summed E-state index contributed by atoms with van der Waals surface area (Å²) in [6.45, 7) is 0.983. The number of aromatic nitrogens is 2. The van der Waals surface area contributed by atoms with Gasteiger partial charge in [-0.3, -0.25) is 0 Å². The number of rotatable bonds is 9. The minimum atomic E-state index is -3.64. The predicted octanol–water partition coefficient (Wildman–Crippen LogP) is 2.38. The summed E-state index contributed by atoms with van der Waals surface area (Å²) in [6, 6.07) is 17.7. The lowest BCUT2D eigenvalue weighted by Crippen LogP contribution is -2.23. The van der Waals surface area contributed by atoms with E-state index in [-0.39, 0.29) is 11.4 Å². The molecule has 1 N–H and O–H groups in total. The van der Waals surface area contributed by atoms with Crippen LogP contribution >= 0.6 is 0 Å². The van der Waals surface area contributed by atoms with Crippen molar-refractivity contribution in [3.63, 3.8) is 0 Å². The molecule has 7 nitrogen and oxygen atoms in total. The first-order valence-corrected chi connectivity index (χ1v) is 9.88. The van der Waals surface area contributed by atoms with Crippen molar-refractivity contribution in [3.05, 3.63) is 72.6 Å². The highest BCUT2D eigenvalue weighted by molar-refractivity contribution is 7.89. The maximum absolute atomic E-state index is 12.4. The number of hydrogen-bond donors (Lipinski definition) is 1. The standard InChI is InChI=1S/C19H21N3O4S/c1-25-13-14-26-18-7-9-19(10-8-18)27(23,24)20-15-16-11-12-22(21-16)17-5-3-2-4-6-17/h2-12,20H,13-15H2,1H3. The van der Waals surface area contributed by atoms with E-state index in [4.69, 9.17) is 9.47 Å². The summed E-state index contributed by atoms with van der Waals surface area (Å²) in [6.07, 6.45) is 1.80. The highest BCUT2D eigenvalue weighted by Gasteiger charge is 2.14. The van der Waals surface area contributed by atoms with Crippen molar-refractivity contribution in [3.8, 4) is 11.4 Å². The molecule has 27 heavy (non-hydrogen) atoms. The Morgan fingerprint density at radius 2 is 1.74 bits per heavy atom. The van der Waals surface area contributed by atoms with E-state index >= 15 is 0 Å². The fourth-order valence-electron chi connectivity index (χ4n) is 2.39. The third-order valence-corrected chi connectivity index (χ3v) is 5.22. The monoisotopic (exact) mass is 387 g/mol. The molecule has 0 amide bonds. The Hall–Kier alpha value is -2.68. The zero-order valence-electron chi connectivity index (χ0n) is 14.9. The van der Waals surface area contributed by atoms with Gasteiger partial charge in [-0.25, -0.2) is 17.8 Å². The van der Waals surface area contributed by atoms with Gasteiger partial charge in [-0.1, -0.05) is 18.2 Å². The van der Waals surface area contributed by atoms with Crippen molar-refractivity contribution in [1.29, 1.82) is 0 Å². The summed E-state index contributed by atoms with van der Waals surface area (Å²) in [7, 11) is -2.04. The first-order chi connectivity index (χ1) is 13.1. The van der Waals surface area contributed by atoms with Gasteiger partial charge in [0, 0.05) is 13.3 Å². The average molecular weight is 387 g/mol. The predicted molar refractivity (Wildman–Crippen MR) is 101 cm³/mol. The van der Waals surface area contributed by atoms with Crippen molar-refractivity contribution in [2.75, 3.05) is 20.3 Å². The Morgan fingerprint density at radius 1 is 1.00 bits per heavy atom. The van der Waals surface area contributed by atoms with Crippen LogP contribution in [0.1, 0.15) is 5.69 Å². The van der Waals surface area contributed by atoms with Crippen LogP contribution in [0.25, 0.3) is 5.69 Å². The fourth-order valence-corrected chi connectivity index (χ4v) is 3.39. The van der Waals surface area contributed by atoms with Gasteiger partial charge < -0.3 is 9.47 Å². The summed E-state index contributed by atoms with van der Waals surface area (Å²) in [4.78, 5) is 0.170. The topological polar surface area (TPSA) is 82.5 Å². The summed E-state index contributed by atoms with van der Waals surface area (Å²) in [5.74, 6) is 0.590. The molecule has 0 fully saturated rings. The van der Waals surface area contributed by atoms with Gasteiger partial charge >= 0.3 is 0 Å². The van der Waals surface area contributed by atoms with E-state index < -0.39 is 10.0 Å². The van der Waals surface area contributed by atoms with E-state index in [0.717, 1.165) is 5.69 Å². The van der Waals surface area contributed by atoms with E-state index in [2.05, 4.69) is 9.82 Å². The van der Waals surface area contributed by atoms with Crippen LogP contribution < -0.4 is 9.46 Å². The molecule has 0 radical (unpaired) electrons. The van der Waals surface area contributed by atoms with Crippen molar-refractivity contribution < 1.29 is 17.9 Å². The van der Waals surface area contributed by atoms with Crippen LogP contribution in [-0.2, 0) is 21.3 Å². The molecular weight excluding hydrogens is 366 g/mol. The number of ether oxygens (including phenoxy) is 2. The zero-order chi connectivity index (χ0) is 19.1. The lowest BCUT2D eigenvalue weighted by molar-refractivity contribution is 0.146. The Bertz CT molecular complexity index is 954. The second-order valence-electron chi connectivity index (χ2n) is 5.72. The molecule has 0 unspecified atom stereocenters. The molecule has 142 valence electrons. The van der Waals surface area contributed by atoms with Crippen molar-refractivity contribution in [2.24, 2.45) is 0 Å².